The van der Waals surface area contributed by atoms with Crippen LogP contribution in [0.5, 0.6) is 0 Å². The lowest BCUT2D eigenvalue weighted by atomic mass is 9.72. The Balaban J connectivity index is 5.08. The van der Waals surface area contributed by atoms with Gasteiger partial charge in [0.25, 0.3) is 0 Å². The maximum absolute atomic E-state index is 3.56. The molecule has 2 nitrogen and oxygen atoms in total. The third kappa shape index (κ3) is 5.94. The molecule has 21 heavy (non-hydrogen) atoms. The van der Waals surface area contributed by atoms with Crippen LogP contribution in [0.1, 0.15) is 74.7 Å². The smallest absolute Gasteiger partial charge is 0.198 e. The van der Waals surface area contributed by atoms with Crippen LogP contribution in [-0.4, -0.2) is 36.5 Å². The van der Waals surface area contributed by atoms with Crippen molar-refractivity contribution in [3.8, 4) is 0 Å². The molecular weight excluding hydrogens is 255 g/mol. The highest BCUT2D eigenvalue weighted by Gasteiger charge is 2.41. The van der Waals surface area contributed by atoms with Gasteiger partial charge in [-0.05, 0) is 65.5 Å². The molecule has 0 saturated carbocycles. The van der Waals surface area contributed by atoms with Gasteiger partial charge in [-0.15, -0.1) is 0 Å². The summed E-state index contributed by atoms with van der Waals surface area (Å²) in [5.74, 6) is 1.41. The summed E-state index contributed by atoms with van der Waals surface area (Å²) in [5.41, 5.74) is 0.476. The van der Waals surface area contributed by atoms with E-state index in [1.165, 1.54) is 19.3 Å². The molecule has 0 bridgehead atoms. The van der Waals surface area contributed by atoms with Crippen LogP contribution in [0.15, 0.2) is 0 Å². The molecule has 0 aromatic rings. The van der Waals surface area contributed by atoms with E-state index in [0.717, 1.165) is 13.3 Å². The average Bonchev–Trinajstić information content (AvgIpc) is 2.36. The largest absolute Gasteiger partial charge is 0.357 e. The summed E-state index contributed by atoms with van der Waals surface area (Å²) in [4.78, 5) is 2.61. The van der Waals surface area contributed by atoms with E-state index in [9.17, 15) is 0 Å². The van der Waals surface area contributed by atoms with E-state index in [-0.39, 0.29) is 11.1 Å². The van der Waals surface area contributed by atoms with Crippen molar-refractivity contribution < 1.29 is 0 Å². The maximum atomic E-state index is 3.56. The van der Waals surface area contributed by atoms with Crippen LogP contribution in [0.3, 0.4) is 0 Å². The van der Waals surface area contributed by atoms with Crippen LogP contribution in [0.2, 0.25) is 6.82 Å². The second-order valence-electron chi connectivity index (χ2n) is 8.30. The fraction of sp³-hybridized carbons (Fsp3) is 1.00. The van der Waals surface area contributed by atoms with Gasteiger partial charge >= 0.3 is 0 Å². The van der Waals surface area contributed by atoms with Crippen molar-refractivity contribution in [3.63, 3.8) is 0 Å². The average molecular weight is 296 g/mol. The number of nitrogens with zero attached hydrogens (tertiary/aromatic N) is 1. The van der Waals surface area contributed by atoms with Gasteiger partial charge in [-0.2, -0.15) is 0 Å². The number of nitrogens with one attached hydrogen (secondary N) is 1. The van der Waals surface area contributed by atoms with Crippen LogP contribution in [-0.2, 0) is 0 Å². The SMILES string of the molecule is CBNC(C)CC(C)C(C)C(C)(CCC)N(C)C(C)(C)C. The lowest BCUT2D eigenvalue weighted by Gasteiger charge is -2.52. The highest BCUT2D eigenvalue weighted by molar-refractivity contribution is 6.30. The molecule has 0 spiro atoms. The van der Waals surface area contributed by atoms with E-state index in [0.29, 0.717) is 12.0 Å². The van der Waals surface area contributed by atoms with Gasteiger partial charge in [0.05, 0.1) is 0 Å². The maximum Gasteiger partial charge on any atom is 0.198 e. The summed E-state index contributed by atoms with van der Waals surface area (Å²) in [6.45, 7) is 21.2. The predicted molar refractivity (Wildman–Crippen MR) is 99.4 cm³/mol. The van der Waals surface area contributed by atoms with Gasteiger partial charge in [-0.1, -0.05) is 40.9 Å². The summed E-state index contributed by atoms with van der Waals surface area (Å²) in [5, 5.41) is 3.56. The Morgan fingerprint density at radius 3 is 2.00 bits per heavy atom. The number of rotatable bonds is 9. The van der Waals surface area contributed by atoms with E-state index < -0.39 is 0 Å². The molecule has 3 heteroatoms. The Morgan fingerprint density at radius 2 is 1.62 bits per heavy atom. The Bertz CT molecular complexity index is 287. The molecule has 0 amide bonds. The zero-order valence-electron chi connectivity index (χ0n) is 16.5. The molecular formula is C18H41BN2. The monoisotopic (exact) mass is 296 g/mol. The Labute approximate surface area is 135 Å². The Hall–Kier alpha value is -0.0151. The quantitative estimate of drug-likeness (QED) is 0.638. The van der Waals surface area contributed by atoms with Gasteiger partial charge in [0.15, 0.2) is 7.41 Å². The van der Waals surface area contributed by atoms with E-state index in [4.69, 9.17) is 0 Å². The molecule has 126 valence electrons. The minimum Gasteiger partial charge on any atom is -0.357 e. The Kier molecular flexibility index (Phi) is 8.57. The fourth-order valence-corrected chi connectivity index (χ4v) is 3.78. The van der Waals surface area contributed by atoms with Gasteiger partial charge in [0.1, 0.15) is 0 Å². The summed E-state index contributed by atoms with van der Waals surface area (Å²) in [6.07, 6.45) is 3.77. The lowest BCUT2D eigenvalue weighted by Crippen LogP contribution is -2.58. The van der Waals surface area contributed by atoms with Crippen molar-refractivity contribution >= 4 is 7.41 Å². The first-order valence-electron chi connectivity index (χ1n) is 8.97. The minimum atomic E-state index is 0.213. The van der Waals surface area contributed by atoms with Crippen molar-refractivity contribution in [3.05, 3.63) is 0 Å². The van der Waals surface area contributed by atoms with Gasteiger partial charge in [-0.25, -0.2) is 0 Å². The molecule has 0 aromatic carbocycles. The predicted octanol–water partition coefficient (Wildman–Crippen LogP) is 4.32. The van der Waals surface area contributed by atoms with Crippen LogP contribution in [0.4, 0.5) is 0 Å². The van der Waals surface area contributed by atoms with E-state index >= 15 is 0 Å². The van der Waals surface area contributed by atoms with Crippen molar-refractivity contribution in [2.45, 2.75) is 98.6 Å². The molecule has 0 fully saturated rings. The van der Waals surface area contributed by atoms with Crippen LogP contribution in [0, 0.1) is 11.8 Å². The van der Waals surface area contributed by atoms with E-state index in [1.807, 2.05) is 0 Å². The molecule has 0 aromatic heterocycles. The third-order valence-electron chi connectivity index (χ3n) is 5.64. The molecule has 0 radical (unpaired) electrons. The molecule has 0 aliphatic heterocycles. The first-order valence-corrected chi connectivity index (χ1v) is 8.97. The standard InChI is InChI=1S/C18H41BN2/c1-11-12-18(8,21(10)17(5,6)7)16(4)14(2)13-15(3)20-19-9/h14-16,19-20H,11-13H2,1-10H3. The summed E-state index contributed by atoms with van der Waals surface area (Å²) in [7, 11) is 3.38. The second-order valence-corrected chi connectivity index (χ2v) is 8.30. The highest BCUT2D eigenvalue weighted by atomic mass is 15.2. The molecule has 0 heterocycles. The van der Waals surface area contributed by atoms with Crippen molar-refractivity contribution in [1.29, 1.82) is 0 Å². The number of hydrogen-bond acceptors (Lipinski definition) is 2. The van der Waals surface area contributed by atoms with Crippen molar-refractivity contribution in [1.82, 2.24) is 10.1 Å². The molecule has 4 unspecified atom stereocenters. The first-order chi connectivity index (χ1) is 9.50. The second kappa shape index (κ2) is 8.57. The third-order valence-corrected chi connectivity index (χ3v) is 5.64. The van der Waals surface area contributed by atoms with Crippen molar-refractivity contribution in [2.24, 2.45) is 11.8 Å². The van der Waals surface area contributed by atoms with E-state index in [2.05, 4.69) is 79.4 Å². The van der Waals surface area contributed by atoms with Gasteiger partial charge in [0.2, 0.25) is 0 Å². The Morgan fingerprint density at radius 1 is 1.10 bits per heavy atom. The molecule has 0 aliphatic carbocycles. The zero-order chi connectivity index (χ0) is 16.8. The summed E-state index contributed by atoms with van der Waals surface area (Å²) < 4.78 is 0. The normalized spacial score (nSPS) is 20.0. The summed E-state index contributed by atoms with van der Waals surface area (Å²) >= 11 is 0. The minimum absolute atomic E-state index is 0.213. The highest BCUT2D eigenvalue weighted by Crippen LogP contribution is 2.38. The van der Waals surface area contributed by atoms with E-state index in [1.54, 1.807) is 0 Å². The zero-order valence-corrected chi connectivity index (χ0v) is 16.5. The fourth-order valence-electron chi connectivity index (χ4n) is 3.78. The lowest BCUT2D eigenvalue weighted by molar-refractivity contribution is -0.0196. The van der Waals surface area contributed by atoms with Gasteiger partial charge in [0, 0.05) is 11.1 Å². The molecule has 0 aliphatic rings. The topological polar surface area (TPSA) is 15.3 Å². The van der Waals surface area contributed by atoms with Gasteiger partial charge in [-0.3, -0.25) is 4.90 Å². The molecule has 4 atom stereocenters. The first kappa shape index (κ1) is 21.0. The van der Waals surface area contributed by atoms with Crippen LogP contribution < -0.4 is 5.23 Å². The molecule has 0 saturated heterocycles. The van der Waals surface area contributed by atoms with Crippen molar-refractivity contribution in [2.75, 3.05) is 7.05 Å². The van der Waals surface area contributed by atoms with Gasteiger partial charge < -0.3 is 5.23 Å². The molecule has 1 N–H and O–H groups in total. The number of hydrogen-bond donors (Lipinski definition) is 1. The van der Waals surface area contributed by atoms with Crippen LogP contribution >= 0.6 is 0 Å². The molecule has 0 rings (SSSR count). The van der Waals surface area contributed by atoms with Crippen LogP contribution in [0.25, 0.3) is 0 Å². The summed E-state index contributed by atoms with van der Waals surface area (Å²) in [6, 6.07) is 0.610.